The summed E-state index contributed by atoms with van der Waals surface area (Å²) < 4.78 is 6.19. The molecule has 2 fully saturated rings. The Morgan fingerprint density at radius 2 is 1.60 bits per heavy atom. The molecule has 20 heavy (non-hydrogen) atoms. The van der Waals surface area contributed by atoms with E-state index in [2.05, 4.69) is 45.0 Å². The van der Waals surface area contributed by atoms with Crippen LogP contribution in [0.15, 0.2) is 0 Å². The summed E-state index contributed by atoms with van der Waals surface area (Å²) in [6.45, 7) is 12.1. The lowest BCUT2D eigenvalue weighted by molar-refractivity contribution is -0.181. The topological polar surface area (TPSA) is 24.5 Å². The fourth-order valence-corrected chi connectivity index (χ4v) is 4.37. The molecule has 2 rings (SSSR count). The van der Waals surface area contributed by atoms with E-state index in [9.17, 15) is 0 Å². The second-order valence-electron chi connectivity index (χ2n) is 8.08. The van der Waals surface area contributed by atoms with Gasteiger partial charge in [-0.25, -0.2) is 0 Å². The summed E-state index contributed by atoms with van der Waals surface area (Å²) in [5.41, 5.74) is -0.0702. The van der Waals surface area contributed by atoms with Crippen molar-refractivity contribution in [2.24, 2.45) is 5.92 Å². The van der Waals surface area contributed by atoms with Gasteiger partial charge in [0, 0.05) is 25.7 Å². The van der Waals surface area contributed by atoms with Crippen molar-refractivity contribution in [3.05, 3.63) is 0 Å². The summed E-state index contributed by atoms with van der Waals surface area (Å²) in [5, 5.41) is 3.59. The highest BCUT2D eigenvalue weighted by atomic mass is 16.5. The van der Waals surface area contributed by atoms with Crippen molar-refractivity contribution in [1.29, 1.82) is 0 Å². The molecule has 1 unspecified atom stereocenters. The Bertz CT molecular complexity index is 292. The molecule has 1 aliphatic carbocycles. The van der Waals surface area contributed by atoms with Crippen molar-refractivity contribution in [3.63, 3.8) is 0 Å². The number of morpholine rings is 1. The molecule has 0 amide bonds. The fraction of sp³-hybridized carbons (Fsp3) is 1.00. The monoisotopic (exact) mass is 282 g/mol. The van der Waals surface area contributed by atoms with Crippen LogP contribution < -0.4 is 5.32 Å². The maximum absolute atomic E-state index is 6.19. The van der Waals surface area contributed by atoms with E-state index in [0.29, 0.717) is 6.04 Å². The average Bonchev–Trinajstić information content (AvgIpc) is 2.33. The molecule has 1 saturated carbocycles. The highest BCUT2D eigenvalue weighted by Crippen LogP contribution is 2.30. The van der Waals surface area contributed by atoms with E-state index in [1.165, 1.54) is 32.1 Å². The van der Waals surface area contributed by atoms with Crippen LogP contribution in [-0.4, -0.2) is 48.8 Å². The molecule has 1 heterocycles. The average molecular weight is 282 g/mol. The lowest BCUT2D eigenvalue weighted by Crippen LogP contribution is -2.59. The maximum Gasteiger partial charge on any atom is 0.0760 e. The van der Waals surface area contributed by atoms with Gasteiger partial charge in [-0.05, 0) is 53.5 Å². The summed E-state index contributed by atoms with van der Waals surface area (Å²) in [6.07, 6.45) is 7.09. The summed E-state index contributed by atoms with van der Waals surface area (Å²) >= 11 is 0. The van der Waals surface area contributed by atoms with Crippen LogP contribution in [0, 0.1) is 5.92 Å². The van der Waals surface area contributed by atoms with Gasteiger partial charge in [0.25, 0.3) is 0 Å². The molecule has 1 saturated heterocycles. The first-order valence-corrected chi connectivity index (χ1v) is 8.41. The van der Waals surface area contributed by atoms with Crippen LogP contribution in [0.4, 0.5) is 0 Å². The SMILES string of the molecule is CNC(CN1CC(C)(C)OC(C)(C)C1)C1CCCCC1. The van der Waals surface area contributed by atoms with Crippen molar-refractivity contribution in [2.75, 3.05) is 26.7 Å². The predicted octanol–water partition coefficient (Wildman–Crippen LogP) is 3.04. The van der Waals surface area contributed by atoms with Crippen molar-refractivity contribution < 1.29 is 4.74 Å². The Balaban J connectivity index is 1.95. The van der Waals surface area contributed by atoms with E-state index in [0.717, 1.165) is 25.6 Å². The zero-order valence-electron chi connectivity index (χ0n) is 14.2. The molecular formula is C17H34N2O. The van der Waals surface area contributed by atoms with Crippen molar-refractivity contribution in [2.45, 2.75) is 77.0 Å². The number of hydrogen-bond acceptors (Lipinski definition) is 3. The van der Waals surface area contributed by atoms with Gasteiger partial charge in [0.1, 0.15) is 0 Å². The van der Waals surface area contributed by atoms with E-state index >= 15 is 0 Å². The molecular weight excluding hydrogens is 248 g/mol. The minimum Gasteiger partial charge on any atom is -0.367 e. The minimum absolute atomic E-state index is 0.0351. The first-order chi connectivity index (χ1) is 9.31. The van der Waals surface area contributed by atoms with Crippen LogP contribution in [-0.2, 0) is 4.74 Å². The maximum atomic E-state index is 6.19. The van der Waals surface area contributed by atoms with E-state index in [4.69, 9.17) is 4.74 Å². The highest BCUT2D eigenvalue weighted by Gasteiger charge is 2.39. The quantitative estimate of drug-likeness (QED) is 0.858. The normalized spacial score (nSPS) is 29.2. The Morgan fingerprint density at radius 1 is 1.05 bits per heavy atom. The lowest BCUT2D eigenvalue weighted by atomic mass is 9.83. The second-order valence-corrected chi connectivity index (χ2v) is 8.08. The molecule has 1 atom stereocenters. The molecule has 3 nitrogen and oxygen atoms in total. The number of hydrogen-bond donors (Lipinski definition) is 1. The molecule has 3 heteroatoms. The number of likely N-dealkylation sites (N-methyl/N-ethyl adjacent to an activating group) is 1. The van der Waals surface area contributed by atoms with Gasteiger partial charge in [-0.1, -0.05) is 19.3 Å². The van der Waals surface area contributed by atoms with Crippen LogP contribution in [0.3, 0.4) is 0 Å². The summed E-state index contributed by atoms with van der Waals surface area (Å²) in [4.78, 5) is 2.61. The van der Waals surface area contributed by atoms with Gasteiger partial charge in [-0.2, -0.15) is 0 Å². The number of ether oxygens (including phenoxy) is 1. The molecule has 1 aliphatic heterocycles. The Labute approximate surface area is 125 Å². The number of nitrogens with one attached hydrogen (secondary N) is 1. The number of nitrogens with zero attached hydrogens (tertiary/aromatic N) is 1. The summed E-state index contributed by atoms with van der Waals surface area (Å²) in [5.74, 6) is 0.864. The summed E-state index contributed by atoms with van der Waals surface area (Å²) in [6, 6.07) is 0.639. The third-order valence-electron chi connectivity index (χ3n) is 4.81. The molecule has 0 aromatic rings. The second kappa shape index (κ2) is 6.33. The van der Waals surface area contributed by atoms with E-state index in [1.54, 1.807) is 0 Å². The minimum atomic E-state index is -0.0351. The van der Waals surface area contributed by atoms with E-state index in [1.807, 2.05) is 0 Å². The van der Waals surface area contributed by atoms with Crippen LogP contribution in [0.2, 0.25) is 0 Å². The lowest BCUT2D eigenvalue weighted by Gasteiger charge is -2.48. The molecule has 0 spiro atoms. The summed E-state index contributed by atoms with van der Waals surface area (Å²) in [7, 11) is 2.13. The molecule has 0 bridgehead atoms. The molecule has 0 radical (unpaired) electrons. The zero-order chi connectivity index (χ0) is 14.8. The van der Waals surface area contributed by atoms with Gasteiger partial charge in [0.05, 0.1) is 11.2 Å². The third kappa shape index (κ3) is 4.44. The van der Waals surface area contributed by atoms with Crippen molar-refractivity contribution in [1.82, 2.24) is 10.2 Å². The van der Waals surface area contributed by atoms with Crippen LogP contribution in [0.25, 0.3) is 0 Å². The Hall–Kier alpha value is -0.120. The van der Waals surface area contributed by atoms with E-state index in [-0.39, 0.29) is 11.2 Å². The molecule has 2 aliphatic rings. The van der Waals surface area contributed by atoms with Gasteiger partial charge in [0.2, 0.25) is 0 Å². The molecule has 0 aromatic carbocycles. The van der Waals surface area contributed by atoms with Gasteiger partial charge in [-0.3, -0.25) is 4.90 Å². The van der Waals surface area contributed by atoms with Gasteiger partial charge in [0.15, 0.2) is 0 Å². The standard InChI is InChI=1S/C17H34N2O/c1-16(2)12-19(13-17(3,4)20-16)11-15(18-5)14-9-7-6-8-10-14/h14-15,18H,6-13H2,1-5H3. The van der Waals surface area contributed by atoms with Crippen molar-refractivity contribution >= 4 is 0 Å². The molecule has 118 valence electrons. The smallest absolute Gasteiger partial charge is 0.0760 e. The first kappa shape index (κ1) is 16.3. The Kier molecular flexibility index (Phi) is 5.14. The predicted molar refractivity (Wildman–Crippen MR) is 85.1 cm³/mol. The molecule has 1 N–H and O–H groups in total. The number of rotatable bonds is 4. The largest absolute Gasteiger partial charge is 0.367 e. The van der Waals surface area contributed by atoms with E-state index < -0.39 is 0 Å². The van der Waals surface area contributed by atoms with Crippen LogP contribution in [0.1, 0.15) is 59.8 Å². The molecule has 0 aromatic heterocycles. The van der Waals surface area contributed by atoms with Crippen LogP contribution >= 0.6 is 0 Å². The Morgan fingerprint density at radius 3 is 2.10 bits per heavy atom. The fourth-order valence-electron chi connectivity index (χ4n) is 4.37. The first-order valence-electron chi connectivity index (χ1n) is 8.41. The zero-order valence-corrected chi connectivity index (χ0v) is 14.2. The van der Waals surface area contributed by atoms with Crippen LogP contribution in [0.5, 0.6) is 0 Å². The van der Waals surface area contributed by atoms with Gasteiger partial charge >= 0.3 is 0 Å². The van der Waals surface area contributed by atoms with Crippen molar-refractivity contribution in [3.8, 4) is 0 Å². The van der Waals surface area contributed by atoms with Gasteiger partial charge < -0.3 is 10.1 Å². The van der Waals surface area contributed by atoms with Gasteiger partial charge in [-0.15, -0.1) is 0 Å². The highest BCUT2D eigenvalue weighted by molar-refractivity contribution is 4.91. The third-order valence-corrected chi connectivity index (χ3v) is 4.81.